The molecule has 0 atom stereocenters. The molecule has 1 N–H and O–H groups in total. The predicted octanol–water partition coefficient (Wildman–Crippen LogP) is 1.01. The molecule has 0 unspecified atom stereocenters. The molecule has 1 aromatic carbocycles. The van der Waals surface area contributed by atoms with Crippen molar-refractivity contribution >= 4 is 24.4 Å². The first kappa shape index (κ1) is 7.84. The van der Waals surface area contributed by atoms with Crippen molar-refractivity contribution in [3.05, 3.63) is 30.3 Å². The minimum Gasteiger partial charge on any atom is -0.508 e. The first-order valence-electron chi connectivity index (χ1n) is 2.13. The Morgan fingerprint density at radius 1 is 1.00 bits per heavy atom. The molecule has 0 spiro atoms. The van der Waals surface area contributed by atoms with Gasteiger partial charge in [-0.2, -0.15) is 0 Å². The summed E-state index contributed by atoms with van der Waals surface area (Å²) in [7, 11) is 0. The second-order valence-corrected chi connectivity index (χ2v) is 1.34. The van der Waals surface area contributed by atoms with E-state index in [2.05, 4.69) is 0 Å². The Morgan fingerprint density at radius 3 is 1.75 bits per heavy atom. The van der Waals surface area contributed by atoms with Gasteiger partial charge in [-0.05, 0) is 12.1 Å². The van der Waals surface area contributed by atoms with Gasteiger partial charge in [0, 0.05) is 24.4 Å². The van der Waals surface area contributed by atoms with Crippen LogP contribution in [0, 0.1) is 0 Å². The van der Waals surface area contributed by atoms with Crippen LogP contribution in [0.5, 0.6) is 5.75 Å². The largest absolute Gasteiger partial charge is 0.508 e. The van der Waals surface area contributed by atoms with Crippen molar-refractivity contribution in [2.24, 2.45) is 0 Å². The molecule has 0 aliphatic heterocycles. The minimum absolute atomic E-state index is 0. The zero-order valence-corrected chi connectivity index (χ0v) is 6.83. The molecule has 2 heteroatoms. The fourth-order valence-electron chi connectivity index (χ4n) is 0.428. The van der Waals surface area contributed by atoms with Crippen LogP contribution in [0.15, 0.2) is 30.3 Å². The maximum atomic E-state index is 8.63. The molecule has 0 aliphatic rings. The minimum atomic E-state index is 0. The van der Waals surface area contributed by atoms with Crippen molar-refractivity contribution in [2.75, 3.05) is 0 Å². The number of hydrogen-bond acceptors (Lipinski definition) is 1. The molecule has 1 aromatic rings. The van der Waals surface area contributed by atoms with Crippen LogP contribution in [0.25, 0.3) is 0 Å². The predicted molar refractivity (Wildman–Crippen MR) is 33.9 cm³/mol. The van der Waals surface area contributed by atoms with Crippen LogP contribution < -0.4 is 0 Å². The molecule has 1 rings (SSSR count). The average molecular weight is 216 g/mol. The number of phenolic OH excluding ortho intramolecular Hbond substituents is 1. The van der Waals surface area contributed by atoms with Crippen LogP contribution in [0.2, 0.25) is 0 Å². The Balaban J connectivity index is 0.000000490. The summed E-state index contributed by atoms with van der Waals surface area (Å²) in [6.07, 6.45) is 0. The van der Waals surface area contributed by atoms with E-state index in [9.17, 15) is 0 Å². The van der Waals surface area contributed by atoms with Gasteiger partial charge in [-0.15, -0.1) is 0 Å². The number of rotatable bonds is 0. The van der Waals surface area contributed by atoms with Crippen LogP contribution in [0.1, 0.15) is 0 Å². The zero-order chi connectivity index (χ0) is 5.11. The van der Waals surface area contributed by atoms with Crippen molar-refractivity contribution < 1.29 is 5.11 Å². The van der Waals surface area contributed by atoms with Crippen LogP contribution >= 0.6 is 0 Å². The SMILES string of the molecule is Oc1ccccc1.[Sb]. The maximum absolute atomic E-state index is 8.63. The fraction of sp³-hybridized carbons (Fsp3) is 0. The molecular weight excluding hydrogens is 210 g/mol. The second kappa shape index (κ2) is 3.79. The number of aromatic hydroxyl groups is 1. The summed E-state index contributed by atoms with van der Waals surface area (Å²) in [6.45, 7) is 0. The van der Waals surface area contributed by atoms with Gasteiger partial charge >= 0.3 is 0 Å². The zero-order valence-electron chi connectivity index (χ0n) is 4.28. The van der Waals surface area contributed by atoms with Gasteiger partial charge in [0.25, 0.3) is 0 Å². The van der Waals surface area contributed by atoms with Crippen LogP contribution in [-0.4, -0.2) is 29.5 Å². The Morgan fingerprint density at radius 2 is 1.50 bits per heavy atom. The molecule has 0 heterocycles. The van der Waals surface area contributed by atoms with E-state index in [1.165, 1.54) is 0 Å². The van der Waals surface area contributed by atoms with Gasteiger partial charge in [0.1, 0.15) is 5.75 Å². The van der Waals surface area contributed by atoms with Gasteiger partial charge in [0.05, 0.1) is 0 Å². The van der Waals surface area contributed by atoms with Gasteiger partial charge < -0.3 is 5.11 Å². The summed E-state index contributed by atoms with van der Waals surface area (Å²) in [5.74, 6) is 0.322. The van der Waals surface area contributed by atoms with E-state index >= 15 is 0 Å². The van der Waals surface area contributed by atoms with E-state index in [1.54, 1.807) is 24.3 Å². The van der Waals surface area contributed by atoms with E-state index < -0.39 is 0 Å². The third-order valence-corrected chi connectivity index (χ3v) is 0.756. The number of phenols is 1. The van der Waals surface area contributed by atoms with Crippen LogP contribution in [0.3, 0.4) is 0 Å². The molecule has 1 nitrogen and oxygen atoms in total. The van der Waals surface area contributed by atoms with Gasteiger partial charge in [-0.1, -0.05) is 18.2 Å². The van der Waals surface area contributed by atoms with Crippen molar-refractivity contribution in [1.82, 2.24) is 0 Å². The number of benzene rings is 1. The van der Waals surface area contributed by atoms with Gasteiger partial charge in [0.2, 0.25) is 0 Å². The Hall–Kier alpha value is -0.162. The van der Waals surface area contributed by atoms with Gasteiger partial charge in [-0.25, -0.2) is 0 Å². The molecule has 0 bridgehead atoms. The molecule has 0 saturated carbocycles. The standard InChI is InChI=1S/C6H6O.Sb/c7-6-4-2-1-3-5-6;/h1-5,7H;. The first-order chi connectivity index (χ1) is 3.39. The molecule has 8 heavy (non-hydrogen) atoms. The topological polar surface area (TPSA) is 20.2 Å². The van der Waals surface area contributed by atoms with E-state index in [4.69, 9.17) is 5.11 Å². The number of hydrogen-bond donors (Lipinski definition) is 1. The van der Waals surface area contributed by atoms with Gasteiger partial charge in [0.15, 0.2) is 0 Å². The summed E-state index contributed by atoms with van der Waals surface area (Å²) >= 11 is 0. The van der Waals surface area contributed by atoms with E-state index in [0.717, 1.165) is 0 Å². The summed E-state index contributed by atoms with van der Waals surface area (Å²) in [5.41, 5.74) is 0. The van der Waals surface area contributed by atoms with Crippen molar-refractivity contribution in [3.63, 3.8) is 0 Å². The average Bonchev–Trinajstić information content (AvgIpc) is 1.69. The maximum Gasteiger partial charge on any atom is 0.115 e. The molecule has 0 saturated heterocycles. The fourth-order valence-corrected chi connectivity index (χ4v) is 0.428. The van der Waals surface area contributed by atoms with E-state index in [1.807, 2.05) is 6.07 Å². The third kappa shape index (κ3) is 2.22. The normalized spacial score (nSPS) is 7.50. The third-order valence-electron chi connectivity index (χ3n) is 0.756. The molecule has 0 amide bonds. The molecule has 0 fully saturated rings. The molecule has 0 aromatic heterocycles. The summed E-state index contributed by atoms with van der Waals surface area (Å²) in [4.78, 5) is 0. The quantitative estimate of drug-likeness (QED) is 0.641. The monoisotopic (exact) mass is 215 g/mol. The van der Waals surface area contributed by atoms with Crippen molar-refractivity contribution in [3.8, 4) is 5.75 Å². The molecule has 3 radical (unpaired) electrons. The Labute approximate surface area is 65.8 Å². The van der Waals surface area contributed by atoms with E-state index in [0.29, 0.717) is 5.75 Å². The van der Waals surface area contributed by atoms with E-state index in [-0.39, 0.29) is 24.4 Å². The molecule has 41 valence electrons. The second-order valence-electron chi connectivity index (χ2n) is 1.34. The van der Waals surface area contributed by atoms with Crippen LogP contribution in [0.4, 0.5) is 0 Å². The molecule has 0 aliphatic carbocycles. The van der Waals surface area contributed by atoms with Crippen LogP contribution in [-0.2, 0) is 0 Å². The van der Waals surface area contributed by atoms with Crippen molar-refractivity contribution in [1.29, 1.82) is 0 Å². The Bertz CT molecular complexity index is 138. The summed E-state index contributed by atoms with van der Waals surface area (Å²) < 4.78 is 0. The summed E-state index contributed by atoms with van der Waals surface area (Å²) in [5, 5.41) is 8.63. The van der Waals surface area contributed by atoms with Gasteiger partial charge in [-0.3, -0.25) is 0 Å². The molecular formula is C6H6OSb. The Kier molecular flexibility index (Phi) is 3.72. The van der Waals surface area contributed by atoms with Crippen molar-refractivity contribution in [2.45, 2.75) is 0 Å². The smallest absolute Gasteiger partial charge is 0.115 e. The summed E-state index contributed by atoms with van der Waals surface area (Å²) in [6, 6.07) is 8.71. The number of para-hydroxylation sites is 1. The first-order valence-corrected chi connectivity index (χ1v) is 2.13.